The highest BCUT2D eigenvalue weighted by Crippen LogP contribution is 2.48. The Hall–Kier alpha value is -2.17. The van der Waals surface area contributed by atoms with Gasteiger partial charge in [-0.25, -0.2) is 9.97 Å². The van der Waals surface area contributed by atoms with Crippen LogP contribution in [0.1, 0.15) is 67.2 Å². The number of hydrogen-bond acceptors (Lipinski definition) is 9. The molecule has 0 aliphatic carbocycles. The van der Waals surface area contributed by atoms with Crippen molar-refractivity contribution in [3.8, 4) is 0 Å². The van der Waals surface area contributed by atoms with Crippen molar-refractivity contribution >= 4 is 45.6 Å². The summed E-state index contributed by atoms with van der Waals surface area (Å²) in [6.07, 6.45) is 0.377. The molecule has 3 atom stereocenters. The first-order chi connectivity index (χ1) is 17.3. The Balaban J connectivity index is 1.83. The van der Waals surface area contributed by atoms with Crippen LogP contribution in [0.5, 0.6) is 0 Å². The van der Waals surface area contributed by atoms with Gasteiger partial charge in [-0.15, -0.1) is 0 Å². The monoisotopic (exact) mass is 548 g/mol. The van der Waals surface area contributed by atoms with Gasteiger partial charge in [0.05, 0.1) is 12.0 Å². The van der Waals surface area contributed by atoms with Gasteiger partial charge < -0.3 is 29.2 Å². The third kappa shape index (κ3) is 4.34. The van der Waals surface area contributed by atoms with Gasteiger partial charge in [0.25, 0.3) is 0 Å². The third-order valence-corrected chi connectivity index (χ3v) is 17.9. The summed E-state index contributed by atoms with van der Waals surface area (Å²) in [5.74, 6) is -0.276. The molecule has 2 aromatic heterocycles. The van der Waals surface area contributed by atoms with Crippen LogP contribution in [0.15, 0.2) is 12.5 Å². The van der Waals surface area contributed by atoms with E-state index in [4.69, 9.17) is 34.6 Å². The minimum Gasteiger partial charge on any atom is -0.414 e. The zero-order valence-corrected chi connectivity index (χ0v) is 24.9. The Morgan fingerprint density at radius 3 is 2.19 bits per heavy atom. The molecule has 0 radical (unpaired) electrons. The van der Waals surface area contributed by atoms with Crippen LogP contribution in [0.2, 0.25) is 22.2 Å². The number of hydrogen-bond donors (Lipinski definition) is 3. The highest BCUT2D eigenvalue weighted by Gasteiger charge is 2.61. The van der Waals surface area contributed by atoms with Crippen LogP contribution in [0.3, 0.4) is 0 Å². The summed E-state index contributed by atoms with van der Waals surface area (Å²) < 4.78 is 28.8. The van der Waals surface area contributed by atoms with E-state index in [1.807, 2.05) is 0 Å². The number of anilines is 1. The van der Waals surface area contributed by atoms with E-state index in [0.29, 0.717) is 16.6 Å². The fourth-order valence-electron chi connectivity index (χ4n) is 5.71. The maximum atomic E-state index is 14.0. The van der Waals surface area contributed by atoms with Crippen LogP contribution in [0.4, 0.5) is 5.82 Å². The lowest BCUT2D eigenvalue weighted by Gasteiger charge is -2.50. The minimum absolute atomic E-state index is 0.0790. The summed E-state index contributed by atoms with van der Waals surface area (Å²) in [6.45, 7) is 17.2. The molecule has 13 heteroatoms. The molecule has 2 saturated heterocycles. The number of carbonyl (C=O) groups is 1. The maximum Gasteiger partial charge on any atom is 0.335 e. The third-order valence-electron chi connectivity index (χ3n) is 7.67. The quantitative estimate of drug-likeness (QED) is 0.277. The van der Waals surface area contributed by atoms with Gasteiger partial charge in [0, 0.05) is 11.8 Å². The standard InChI is InChI=1S/C24H40N6O5Si2/c1-12(2)36(13(3)4)32-10-17-20(34-37(35-36,14(5)6)15(7)8)19(31)24(33-17)30-9-16(21(25)26)18-22(27)28-11-29-23(18)30/h9,11-15,17,20,24H,10H2,1-8H3,(H3,25,26)(H2,27,28,29)/t17-,20+,24?/m1/s1. The number of amidine groups is 1. The number of ketones is 1. The van der Waals surface area contributed by atoms with Crippen molar-refractivity contribution in [2.24, 2.45) is 5.73 Å². The van der Waals surface area contributed by atoms with Gasteiger partial charge in [-0.3, -0.25) is 14.8 Å². The topological polar surface area (TPSA) is 161 Å². The number of ether oxygens (including phenoxy) is 1. The first-order valence-corrected chi connectivity index (χ1v) is 16.9. The normalized spacial score (nSPS) is 25.7. The molecule has 2 aromatic rings. The number of nitrogen functional groups attached to an aromatic ring is 2. The van der Waals surface area contributed by atoms with Gasteiger partial charge in [0.1, 0.15) is 35.8 Å². The van der Waals surface area contributed by atoms with Gasteiger partial charge in [-0.1, -0.05) is 55.4 Å². The average Bonchev–Trinajstić information content (AvgIpc) is 3.32. The van der Waals surface area contributed by atoms with Crippen molar-refractivity contribution in [2.75, 3.05) is 12.3 Å². The minimum atomic E-state index is -2.99. The molecule has 0 saturated carbocycles. The number of nitrogens with one attached hydrogen (secondary N) is 1. The van der Waals surface area contributed by atoms with E-state index in [-0.39, 0.29) is 46.2 Å². The smallest absolute Gasteiger partial charge is 0.335 e. The molecule has 2 aliphatic heterocycles. The van der Waals surface area contributed by atoms with Gasteiger partial charge in [0.15, 0.2) is 6.23 Å². The van der Waals surface area contributed by atoms with Crippen LogP contribution < -0.4 is 11.5 Å². The maximum absolute atomic E-state index is 14.0. The number of nitrogens with two attached hydrogens (primary N) is 2. The summed E-state index contributed by atoms with van der Waals surface area (Å²) in [7, 11) is -5.76. The summed E-state index contributed by atoms with van der Waals surface area (Å²) in [5.41, 5.74) is 13.1. The number of nitrogens with zero attached hydrogens (tertiary/aromatic N) is 3. The van der Waals surface area contributed by atoms with E-state index in [0.717, 1.165) is 0 Å². The summed E-state index contributed by atoms with van der Waals surface area (Å²) >= 11 is 0. The van der Waals surface area contributed by atoms with Gasteiger partial charge in [-0.2, -0.15) is 0 Å². The molecule has 4 heterocycles. The molecule has 11 nitrogen and oxygen atoms in total. The van der Waals surface area contributed by atoms with Gasteiger partial charge in [0.2, 0.25) is 5.78 Å². The molecule has 0 bridgehead atoms. The molecule has 0 aromatic carbocycles. The summed E-state index contributed by atoms with van der Waals surface area (Å²) in [6, 6.07) is 0. The van der Waals surface area contributed by atoms with E-state index in [2.05, 4.69) is 65.4 Å². The molecule has 2 fully saturated rings. The van der Waals surface area contributed by atoms with Gasteiger partial charge in [-0.05, 0) is 22.2 Å². The zero-order valence-electron chi connectivity index (χ0n) is 22.9. The number of fused-ring (bicyclic) bond motifs is 2. The number of carbonyl (C=O) groups excluding carboxylic acids is 1. The molecule has 0 spiro atoms. The Morgan fingerprint density at radius 1 is 1.05 bits per heavy atom. The second-order valence-corrected chi connectivity index (χ2v) is 20.1. The fraction of sp³-hybridized carbons (Fsp3) is 0.667. The molecule has 0 amide bonds. The van der Waals surface area contributed by atoms with Crippen molar-refractivity contribution in [1.82, 2.24) is 14.5 Å². The first-order valence-electron chi connectivity index (χ1n) is 12.9. The highest BCUT2D eigenvalue weighted by atomic mass is 28.5. The number of Topliss-reactive ketones (excluding diaryl/α,β-unsaturated/α-hetero) is 1. The van der Waals surface area contributed by atoms with Gasteiger partial charge >= 0.3 is 17.1 Å². The lowest BCUT2D eigenvalue weighted by atomic mass is 10.1. The van der Waals surface area contributed by atoms with Crippen LogP contribution >= 0.6 is 0 Å². The Bertz CT molecular complexity index is 1180. The van der Waals surface area contributed by atoms with Crippen LogP contribution in [0, 0.1) is 5.41 Å². The molecule has 1 unspecified atom stereocenters. The zero-order chi connectivity index (χ0) is 27.4. The van der Waals surface area contributed by atoms with E-state index in [9.17, 15) is 4.79 Å². The second-order valence-electron chi connectivity index (χ2n) is 11.3. The van der Waals surface area contributed by atoms with E-state index in [1.165, 1.54) is 6.33 Å². The predicted octanol–water partition coefficient (Wildman–Crippen LogP) is 3.72. The van der Waals surface area contributed by atoms with E-state index >= 15 is 0 Å². The average molecular weight is 549 g/mol. The van der Waals surface area contributed by atoms with Crippen molar-refractivity contribution in [3.63, 3.8) is 0 Å². The largest absolute Gasteiger partial charge is 0.414 e. The molecule has 2 aliphatic rings. The molecule has 37 heavy (non-hydrogen) atoms. The lowest BCUT2D eigenvalue weighted by Crippen LogP contribution is -2.65. The van der Waals surface area contributed by atoms with E-state index in [1.54, 1.807) is 10.8 Å². The van der Waals surface area contributed by atoms with Crippen molar-refractivity contribution in [1.29, 1.82) is 5.41 Å². The lowest BCUT2D eigenvalue weighted by molar-refractivity contribution is -0.130. The highest BCUT2D eigenvalue weighted by molar-refractivity contribution is 6.84. The molecular weight excluding hydrogens is 508 g/mol. The van der Waals surface area contributed by atoms with Crippen LogP contribution in [0.25, 0.3) is 11.0 Å². The Labute approximate surface area is 220 Å². The predicted molar refractivity (Wildman–Crippen MR) is 146 cm³/mol. The molecular formula is C24H40N6O5Si2. The molecule has 5 N–H and O–H groups in total. The fourth-order valence-corrected chi connectivity index (χ4v) is 16.9. The van der Waals surface area contributed by atoms with E-state index < -0.39 is 35.6 Å². The number of aromatic nitrogens is 3. The molecule has 204 valence electrons. The summed E-state index contributed by atoms with van der Waals surface area (Å²) in [5, 5.41) is 8.43. The SMILES string of the molecule is CC(C)[Si]1(C(C)C)OC[C@H]2OC(n3cc(C(=N)N)c4c(N)ncnc43)C(=O)[C@H]2O[Si](C(C)C)(C(C)C)O1. The van der Waals surface area contributed by atoms with Crippen molar-refractivity contribution in [2.45, 2.75) is 96.0 Å². The van der Waals surface area contributed by atoms with Crippen molar-refractivity contribution < 1.29 is 22.5 Å². The Morgan fingerprint density at radius 2 is 1.65 bits per heavy atom. The second kappa shape index (κ2) is 9.86. The number of rotatable bonds is 6. The van der Waals surface area contributed by atoms with Crippen LogP contribution in [-0.2, 0) is 22.5 Å². The first kappa shape index (κ1) is 27.9. The van der Waals surface area contributed by atoms with Crippen LogP contribution in [-0.4, -0.2) is 62.1 Å². The Kier molecular flexibility index (Phi) is 7.42. The molecule has 4 rings (SSSR count). The van der Waals surface area contributed by atoms with Crippen molar-refractivity contribution in [3.05, 3.63) is 18.1 Å². The summed E-state index contributed by atoms with van der Waals surface area (Å²) in [4.78, 5) is 22.3.